The van der Waals surface area contributed by atoms with E-state index in [-0.39, 0.29) is 5.91 Å². The normalized spacial score (nSPS) is 14.5. The summed E-state index contributed by atoms with van der Waals surface area (Å²) < 4.78 is 5.61. The monoisotopic (exact) mass is 305 g/mol. The van der Waals surface area contributed by atoms with E-state index in [1.54, 1.807) is 6.92 Å². The second-order valence-electron chi connectivity index (χ2n) is 5.71. The molecule has 0 spiro atoms. The molecule has 1 aliphatic heterocycles. The zero-order chi connectivity index (χ0) is 15.8. The first-order valence-corrected chi connectivity index (χ1v) is 8.16. The summed E-state index contributed by atoms with van der Waals surface area (Å²) in [6.45, 7) is 7.01. The fourth-order valence-electron chi connectivity index (χ4n) is 2.62. The van der Waals surface area contributed by atoms with Gasteiger partial charge in [0, 0.05) is 26.1 Å². The lowest BCUT2D eigenvalue weighted by Gasteiger charge is -2.21. The Morgan fingerprint density at radius 3 is 3.05 bits per heavy atom. The van der Waals surface area contributed by atoms with Crippen molar-refractivity contribution in [3.8, 4) is 5.75 Å². The van der Waals surface area contributed by atoms with Crippen LogP contribution in [0.2, 0.25) is 0 Å². The molecule has 0 saturated carbocycles. The molecule has 0 aliphatic carbocycles. The Morgan fingerprint density at radius 2 is 2.27 bits per heavy atom. The van der Waals surface area contributed by atoms with E-state index >= 15 is 0 Å². The van der Waals surface area contributed by atoms with Gasteiger partial charge in [0.2, 0.25) is 5.91 Å². The molecule has 1 atom stereocenters. The molecule has 0 aromatic heterocycles. The van der Waals surface area contributed by atoms with Gasteiger partial charge in [-0.25, -0.2) is 0 Å². The van der Waals surface area contributed by atoms with Crippen molar-refractivity contribution in [1.29, 1.82) is 0 Å². The van der Waals surface area contributed by atoms with Gasteiger partial charge in [-0.1, -0.05) is 13.0 Å². The minimum atomic E-state index is 0.0378. The Kier molecular flexibility index (Phi) is 6.52. The molecular formula is C17H27N3O2. The third-order valence-electron chi connectivity index (χ3n) is 3.85. The van der Waals surface area contributed by atoms with Gasteiger partial charge < -0.3 is 20.7 Å². The van der Waals surface area contributed by atoms with Crippen LogP contribution < -0.4 is 20.7 Å². The summed E-state index contributed by atoms with van der Waals surface area (Å²) in [5.74, 6) is 0.988. The van der Waals surface area contributed by atoms with Crippen LogP contribution in [0.3, 0.4) is 0 Å². The molecule has 1 aromatic rings. The van der Waals surface area contributed by atoms with Crippen molar-refractivity contribution in [3.63, 3.8) is 0 Å². The maximum absolute atomic E-state index is 10.8. The summed E-state index contributed by atoms with van der Waals surface area (Å²) in [5, 5.41) is 9.77. The van der Waals surface area contributed by atoms with Gasteiger partial charge in [-0.3, -0.25) is 4.79 Å². The lowest BCUT2D eigenvalue weighted by Crippen LogP contribution is -2.33. The van der Waals surface area contributed by atoms with Crippen molar-refractivity contribution in [1.82, 2.24) is 10.6 Å². The minimum absolute atomic E-state index is 0.0378. The van der Waals surface area contributed by atoms with Crippen molar-refractivity contribution in [2.75, 3.05) is 31.6 Å². The van der Waals surface area contributed by atoms with Crippen LogP contribution in [0.5, 0.6) is 5.75 Å². The maximum Gasteiger partial charge on any atom is 0.216 e. The first-order valence-electron chi connectivity index (χ1n) is 8.16. The van der Waals surface area contributed by atoms with Crippen LogP contribution in [-0.2, 0) is 11.2 Å². The molecule has 0 saturated heterocycles. The van der Waals surface area contributed by atoms with Crippen LogP contribution in [0.25, 0.3) is 0 Å². The molecule has 1 aliphatic rings. The van der Waals surface area contributed by atoms with E-state index in [2.05, 4.69) is 41.1 Å². The van der Waals surface area contributed by atoms with Gasteiger partial charge in [-0.15, -0.1) is 0 Å². The van der Waals surface area contributed by atoms with E-state index in [4.69, 9.17) is 4.74 Å². The highest BCUT2D eigenvalue weighted by Gasteiger charge is 2.12. The number of benzene rings is 1. The number of anilines is 1. The highest BCUT2D eigenvalue weighted by Crippen LogP contribution is 2.28. The fourth-order valence-corrected chi connectivity index (χ4v) is 2.62. The number of hydrogen-bond donors (Lipinski definition) is 3. The van der Waals surface area contributed by atoms with E-state index in [1.807, 2.05) is 0 Å². The minimum Gasteiger partial charge on any atom is -0.490 e. The van der Waals surface area contributed by atoms with Gasteiger partial charge in [-0.2, -0.15) is 0 Å². The molecule has 5 heteroatoms. The Bertz CT molecular complexity index is 491. The quantitative estimate of drug-likeness (QED) is 0.642. The maximum atomic E-state index is 10.8. The van der Waals surface area contributed by atoms with Gasteiger partial charge >= 0.3 is 0 Å². The molecule has 0 bridgehead atoms. The summed E-state index contributed by atoms with van der Waals surface area (Å²) in [7, 11) is 0. The number of hydrogen-bond acceptors (Lipinski definition) is 4. The number of rotatable bonds is 8. The topological polar surface area (TPSA) is 62.4 Å². The Morgan fingerprint density at radius 1 is 1.41 bits per heavy atom. The molecule has 1 unspecified atom stereocenters. The average molecular weight is 305 g/mol. The van der Waals surface area contributed by atoms with Crippen LogP contribution in [0.15, 0.2) is 18.2 Å². The molecular weight excluding hydrogens is 278 g/mol. The highest BCUT2D eigenvalue weighted by molar-refractivity contribution is 5.72. The van der Waals surface area contributed by atoms with Crippen LogP contribution in [-0.4, -0.2) is 38.2 Å². The number of carbonyl (C=O) groups excluding carboxylic acids is 1. The zero-order valence-electron chi connectivity index (χ0n) is 13.6. The first kappa shape index (κ1) is 16.6. The van der Waals surface area contributed by atoms with Crippen molar-refractivity contribution in [2.45, 2.75) is 39.2 Å². The second kappa shape index (κ2) is 8.63. The smallest absolute Gasteiger partial charge is 0.216 e. The Labute approximate surface area is 132 Å². The average Bonchev–Trinajstić information content (AvgIpc) is 2.53. The zero-order valence-corrected chi connectivity index (χ0v) is 13.6. The van der Waals surface area contributed by atoms with Crippen LogP contribution in [0.4, 0.5) is 5.69 Å². The van der Waals surface area contributed by atoms with Crippen molar-refractivity contribution in [3.05, 3.63) is 23.8 Å². The standard InChI is InChI=1S/C17H27N3O2/c1-3-15(19-8-4-7-18-13(2)21)11-14-5-6-17-16(12-14)20-9-10-22-17/h5-6,12,15,19-20H,3-4,7-11H2,1-2H3,(H,18,21). The fraction of sp³-hybridized carbons (Fsp3) is 0.588. The Hall–Kier alpha value is -1.75. The van der Waals surface area contributed by atoms with Crippen LogP contribution in [0.1, 0.15) is 32.3 Å². The Balaban J connectivity index is 1.78. The molecule has 22 heavy (non-hydrogen) atoms. The number of amides is 1. The first-order chi connectivity index (χ1) is 10.7. The molecule has 5 nitrogen and oxygen atoms in total. The molecule has 0 fully saturated rings. The predicted molar refractivity (Wildman–Crippen MR) is 89.5 cm³/mol. The molecule has 1 heterocycles. The van der Waals surface area contributed by atoms with Gasteiger partial charge in [0.25, 0.3) is 0 Å². The molecule has 1 amide bonds. The molecule has 3 N–H and O–H groups in total. The lowest BCUT2D eigenvalue weighted by atomic mass is 10.0. The van der Waals surface area contributed by atoms with Gasteiger partial charge in [-0.05, 0) is 43.5 Å². The predicted octanol–water partition coefficient (Wildman–Crippen LogP) is 1.93. The summed E-state index contributed by atoms with van der Waals surface area (Å²) in [4.78, 5) is 10.8. The van der Waals surface area contributed by atoms with Crippen LogP contribution in [0, 0.1) is 0 Å². The van der Waals surface area contributed by atoms with Crippen LogP contribution >= 0.6 is 0 Å². The number of ether oxygens (including phenoxy) is 1. The second-order valence-corrected chi connectivity index (χ2v) is 5.71. The molecule has 2 rings (SSSR count). The summed E-state index contributed by atoms with van der Waals surface area (Å²) in [6, 6.07) is 6.85. The highest BCUT2D eigenvalue weighted by atomic mass is 16.5. The lowest BCUT2D eigenvalue weighted by molar-refractivity contribution is -0.118. The van der Waals surface area contributed by atoms with Gasteiger partial charge in [0.05, 0.1) is 5.69 Å². The van der Waals surface area contributed by atoms with E-state index in [9.17, 15) is 4.79 Å². The van der Waals surface area contributed by atoms with Crippen molar-refractivity contribution in [2.24, 2.45) is 0 Å². The number of carbonyl (C=O) groups is 1. The number of fused-ring (bicyclic) bond motifs is 1. The van der Waals surface area contributed by atoms with E-state index in [0.717, 1.165) is 56.9 Å². The molecule has 1 aromatic carbocycles. The SMILES string of the molecule is CCC(Cc1ccc2c(c1)NCCO2)NCCCNC(C)=O. The summed E-state index contributed by atoms with van der Waals surface area (Å²) >= 11 is 0. The van der Waals surface area contributed by atoms with Gasteiger partial charge in [0.15, 0.2) is 0 Å². The molecule has 0 radical (unpaired) electrons. The third-order valence-corrected chi connectivity index (χ3v) is 3.85. The number of nitrogens with one attached hydrogen (secondary N) is 3. The van der Waals surface area contributed by atoms with Crippen molar-refractivity contribution >= 4 is 11.6 Å². The molecule has 122 valence electrons. The third kappa shape index (κ3) is 5.22. The van der Waals surface area contributed by atoms with E-state index in [1.165, 1.54) is 5.56 Å². The van der Waals surface area contributed by atoms with Crippen molar-refractivity contribution < 1.29 is 9.53 Å². The van der Waals surface area contributed by atoms with E-state index < -0.39 is 0 Å². The van der Waals surface area contributed by atoms with Gasteiger partial charge in [0.1, 0.15) is 12.4 Å². The summed E-state index contributed by atoms with van der Waals surface area (Å²) in [6.07, 6.45) is 3.04. The summed E-state index contributed by atoms with van der Waals surface area (Å²) in [5.41, 5.74) is 2.42. The van der Waals surface area contributed by atoms with E-state index in [0.29, 0.717) is 6.04 Å². The largest absolute Gasteiger partial charge is 0.490 e.